The summed E-state index contributed by atoms with van der Waals surface area (Å²) in [6.45, 7) is 5.79. The molecule has 0 aliphatic carbocycles. The highest BCUT2D eigenvalue weighted by Gasteiger charge is 2.31. The molecule has 0 aromatic heterocycles. The van der Waals surface area contributed by atoms with Crippen molar-refractivity contribution in [2.45, 2.75) is 26.2 Å². The van der Waals surface area contributed by atoms with Gasteiger partial charge in [-0.1, -0.05) is 18.2 Å². The first-order valence-electron chi connectivity index (χ1n) is 6.83. The van der Waals surface area contributed by atoms with E-state index in [2.05, 4.69) is 15.4 Å². The number of hydrogen-bond donors (Lipinski definition) is 2. The predicted octanol–water partition coefficient (Wildman–Crippen LogP) is 1.97. The minimum Gasteiger partial charge on any atom is -0.450 e. The Balaban J connectivity index is 2.51. The second-order valence-corrected chi connectivity index (χ2v) is 5.01. The van der Waals surface area contributed by atoms with Gasteiger partial charge in [0.1, 0.15) is 5.82 Å². The Morgan fingerprint density at radius 2 is 1.81 bits per heavy atom. The van der Waals surface area contributed by atoms with Crippen LogP contribution in [0.15, 0.2) is 24.3 Å². The summed E-state index contributed by atoms with van der Waals surface area (Å²) in [4.78, 5) is 23.2. The highest BCUT2D eigenvalue weighted by atomic mass is 19.1. The van der Waals surface area contributed by atoms with Crippen molar-refractivity contribution in [3.05, 3.63) is 35.6 Å². The number of rotatable bonds is 6. The van der Waals surface area contributed by atoms with Gasteiger partial charge >= 0.3 is 6.09 Å². The molecule has 0 bridgehead atoms. The molecule has 0 saturated heterocycles. The molecule has 21 heavy (non-hydrogen) atoms. The van der Waals surface area contributed by atoms with Gasteiger partial charge in [0, 0.05) is 18.7 Å². The second kappa shape index (κ2) is 7.61. The monoisotopic (exact) mass is 296 g/mol. The SMILES string of the molecule is CCOC(=O)NCCNC(=O)C(C)(C)c1ccccc1F. The van der Waals surface area contributed by atoms with Gasteiger partial charge in [-0.2, -0.15) is 0 Å². The molecular formula is C15H21FN2O3. The van der Waals surface area contributed by atoms with Gasteiger partial charge in [-0.25, -0.2) is 9.18 Å². The molecule has 2 amide bonds. The molecular weight excluding hydrogens is 275 g/mol. The van der Waals surface area contributed by atoms with Crippen molar-refractivity contribution in [1.29, 1.82) is 0 Å². The number of nitrogens with one attached hydrogen (secondary N) is 2. The van der Waals surface area contributed by atoms with E-state index in [1.807, 2.05) is 0 Å². The molecule has 0 aliphatic heterocycles. The van der Waals surface area contributed by atoms with Gasteiger partial charge in [0.05, 0.1) is 12.0 Å². The number of hydrogen-bond acceptors (Lipinski definition) is 3. The Morgan fingerprint density at radius 1 is 1.19 bits per heavy atom. The van der Waals surface area contributed by atoms with E-state index >= 15 is 0 Å². The van der Waals surface area contributed by atoms with E-state index in [4.69, 9.17) is 0 Å². The van der Waals surface area contributed by atoms with Crippen LogP contribution in [0.4, 0.5) is 9.18 Å². The van der Waals surface area contributed by atoms with Crippen molar-refractivity contribution < 1.29 is 18.7 Å². The molecule has 116 valence electrons. The average molecular weight is 296 g/mol. The summed E-state index contributed by atoms with van der Waals surface area (Å²) in [6, 6.07) is 6.18. The third kappa shape index (κ3) is 4.73. The summed E-state index contributed by atoms with van der Waals surface area (Å²) in [5.41, 5.74) is -0.657. The van der Waals surface area contributed by atoms with Crippen LogP contribution in [0.1, 0.15) is 26.3 Å². The molecule has 0 saturated carbocycles. The summed E-state index contributed by atoms with van der Waals surface area (Å²) in [5.74, 6) is -0.722. The van der Waals surface area contributed by atoms with Gasteiger partial charge in [-0.05, 0) is 26.8 Å². The van der Waals surface area contributed by atoms with Gasteiger partial charge in [0.2, 0.25) is 5.91 Å². The van der Waals surface area contributed by atoms with Crippen molar-refractivity contribution in [2.24, 2.45) is 0 Å². The van der Waals surface area contributed by atoms with Crippen LogP contribution in [0.25, 0.3) is 0 Å². The summed E-state index contributed by atoms with van der Waals surface area (Å²) in [6.07, 6.45) is -0.528. The Morgan fingerprint density at radius 3 is 2.43 bits per heavy atom. The van der Waals surface area contributed by atoms with Crippen LogP contribution in [0.2, 0.25) is 0 Å². The van der Waals surface area contributed by atoms with E-state index in [1.165, 1.54) is 6.07 Å². The predicted molar refractivity (Wildman–Crippen MR) is 77.5 cm³/mol. The van der Waals surface area contributed by atoms with E-state index in [0.29, 0.717) is 12.2 Å². The first-order chi connectivity index (χ1) is 9.89. The Hall–Kier alpha value is -2.11. The topological polar surface area (TPSA) is 67.4 Å². The lowest BCUT2D eigenvalue weighted by Crippen LogP contribution is -2.43. The fourth-order valence-electron chi connectivity index (χ4n) is 1.83. The zero-order valence-electron chi connectivity index (χ0n) is 12.5. The van der Waals surface area contributed by atoms with Crippen molar-refractivity contribution in [2.75, 3.05) is 19.7 Å². The van der Waals surface area contributed by atoms with Crippen LogP contribution in [-0.2, 0) is 14.9 Å². The van der Waals surface area contributed by atoms with Crippen molar-refractivity contribution in [3.8, 4) is 0 Å². The van der Waals surface area contributed by atoms with E-state index in [9.17, 15) is 14.0 Å². The lowest BCUT2D eigenvalue weighted by molar-refractivity contribution is -0.125. The Bertz CT molecular complexity index is 503. The average Bonchev–Trinajstić information content (AvgIpc) is 2.44. The third-order valence-electron chi connectivity index (χ3n) is 3.07. The molecule has 0 unspecified atom stereocenters. The second-order valence-electron chi connectivity index (χ2n) is 5.01. The van der Waals surface area contributed by atoms with E-state index in [-0.39, 0.29) is 19.0 Å². The van der Waals surface area contributed by atoms with Crippen LogP contribution < -0.4 is 10.6 Å². The van der Waals surface area contributed by atoms with Crippen LogP contribution in [0.5, 0.6) is 0 Å². The van der Waals surface area contributed by atoms with Crippen molar-refractivity contribution in [1.82, 2.24) is 10.6 Å². The normalized spacial score (nSPS) is 10.9. The molecule has 0 atom stereocenters. The maximum Gasteiger partial charge on any atom is 0.407 e. The lowest BCUT2D eigenvalue weighted by atomic mass is 9.83. The van der Waals surface area contributed by atoms with Crippen LogP contribution in [-0.4, -0.2) is 31.7 Å². The Labute approximate surface area is 123 Å². The number of ether oxygens (including phenoxy) is 1. The molecule has 0 aliphatic rings. The van der Waals surface area contributed by atoms with Crippen LogP contribution in [0.3, 0.4) is 0 Å². The van der Waals surface area contributed by atoms with Gasteiger partial charge < -0.3 is 15.4 Å². The summed E-state index contributed by atoms with van der Waals surface area (Å²) in [5, 5.41) is 5.16. The van der Waals surface area contributed by atoms with Gasteiger partial charge in [0.25, 0.3) is 0 Å². The number of amides is 2. The molecule has 6 heteroatoms. The molecule has 5 nitrogen and oxygen atoms in total. The molecule has 0 spiro atoms. The smallest absolute Gasteiger partial charge is 0.407 e. The molecule has 1 rings (SSSR count). The number of alkyl carbamates (subject to hydrolysis) is 1. The maximum atomic E-state index is 13.8. The van der Waals surface area contributed by atoms with Gasteiger partial charge in [0.15, 0.2) is 0 Å². The minimum atomic E-state index is -0.991. The van der Waals surface area contributed by atoms with E-state index in [1.54, 1.807) is 39.0 Å². The highest BCUT2D eigenvalue weighted by Crippen LogP contribution is 2.25. The molecule has 0 heterocycles. The molecule has 1 aromatic rings. The molecule has 0 radical (unpaired) electrons. The van der Waals surface area contributed by atoms with Crippen molar-refractivity contribution >= 4 is 12.0 Å². The zero-order chi connectivity index (χ0) is 15.9. The van der Waals surface area contributed by atoms with Crippen LogP contribution in [0, 0.1) is 5.82 Å². The first kappa shape index (κ1) is 16.9. The zero-order valence-corrected chi connectivity index (χ0v) is 12.5. The van der Waals surface area contributed by atoms with Crippen LogP contribution >= 0.6 is 0 Å². The maximum absolute atomic E-state index is 13.8. The van der Waals surface area contributed by atoms with Gasteiger partial charge in [-0.3, -0.25) is 4.79 Å². The number of halogens is 1. The summed E-state index contributed by atoms with van der Waals surface area (Å²) >= 11 is 0. The Kier molecular flexibility index (Phi) is 6.14. The quantitative estimate of drug-likeness (QED) is 0.789. The number of benzene rings is 1. The highest BCUT2D eigenvalue weighted by molar-refractivity contribution is 5.87. The fraction of sp³-hybridized carbons (Fsp3) is 0.467. The van der Waals surface area contributed by atoms with E-state index < -0.39 is 17.3 Å². The number of carbonyl (C=O) groups excluding carboxylic acids is 2. The summed E-state index contributed by atoms with van der Waals surface area (Å²) < 4.78 is 18.5. The largest absolute Gasteiger partial charge is 0.450 e. The lowest BCUT2D eigenvalue weighted by Gasteiger charge is -2.24. The molecule has 2 N–H and O–H groups in total. The van der Waals surface area contributed by atoms with Gasteiger partial charge in [-0.15, -0.1) is 0 Å². The molecule has 1 aromatic carbocycles. The summed E-state index contributed by atoms with van der Waals surface area (Å²) in [7, 11) is 0. The van der Waals surface area contributed by atoms with Crippen molar-refractivity contribution in [3.63, 3.8) is 0 Å². The number of carbonyl (C=O) groups is 2. The third-order valence-corrected chi connectivity index (χ3v) is 3.07. The van der Waals surface area contributed by atoms with E-state index in [0.717, 1.165) is 0 Å². The molecule has 0 fully saturated rings. The standard InChI is InChI=1S/C15H21FN2O3/c1-4-21-14(20)18-10-9-17-13(19)15(2,3)11-7-5-6-8-12(11)16/h5-8H,4,9-10H2,1-3H3,(H,17,19)(H,18,20). The first-order valence-corrected chi connectivity index (χ1v) is 6.83. The minimum absolute atomic E-state index is 0.246. The fourth-order valence-corrected chi connectivity index (χ4v) is 1.83.